The van der Waals surface area contributed by atoms with E-state index in [4.69, 9.17) is 14.2 Å². The third-order valence-electron chi connectivity index (χ3n) is 5.90. The maximum absolute atomic E-state index is 12.0. The van der Waals surface area contributed by atoms with Gasteiger partial charge in [-0.05, 0) is 56.1 Å². The van der Waals surface area contributed by atoms with Crippen molar-refractivity contribution < 1.29 is 19.0 Å². The van der Waals surface area contributed by atoms with Crippen molar-refractivity contribution in [2.24, 2.45) is 5.41 Å². The second-order valence-electron chi connectivity index (χ2n) is 7.93. The first kappa shape index (κ1) is 18.8. The van der Waals surface area contributed by atoms with Crippen LogP contribution in [0, 0.1) is 5.41 Å². The molecule has 5 nitrogen and oxygen atoms in total. The molecule has 0 N–H and O–H groups in total. The largest absolute Gasteiger partial charge is 0.485 e. The van der Waals surface area contributed by atoms with Gasteiger partial charge in [-0.15, -0.1) is 0 Å². The van der Waals surface area contributed by atoms with E-state index in [1.165, 1.54) is 12.7 Å². The van der Waals surface area contributed by atoms with Crippen LogP contribution in [0.2, 0.25) is 0 Å². The fourth-order valence-electron chi connectivity index (χ4n) is 3.93. The van der Waals surface area contributed by atoms with Gasteiger partial charge in [0.25, 0.3) is 0 Å². The van der Waals surface area contributed by atoms with Gasteiger partial charge in [0.2, 0.25) is 0 Å². The van der Waals surface area contributed by atoms with Crippen molar-refractivity contribution in [1.82, 2.24) is 4.90 Å². The number of ether oxygens (including phenoxy) is 3. The van der Waals surface area contributed by atoms with Crippen molar-refractivity contribution in [2.45, 2.75) is 32.4 Å². The van der Waals surface area contributed by atoms with Gasteiger partial charge in [0.15, 0.2) is 17.6 Å². The van der Waals surface area contributed by atoms with Crippen LogP contribution in [0.4, 0.5) is 0 Å². The molecule has 2 aromatic rings. The van der Waals surface area contributed by atoms with Crippen molar-refractivity contribution >= 4 is 5.97 Å². The van der Waals surface area contributed by atoms with Crippen molar-refractivity contribution in [1.29, 1.82) is 0 Å². The summed E-state index contributed by atoms with van der Waals surface area (Å²) >= 11 is 0. The highest BCUT2D eigenvalue weighted by molar-refractivity contribution is 5.76. The molecule has 2 heterocycles. The molecule has 0 aromatic heterocycles. The van der Waals surface area contributed by atoms with E-state index in [1.807, 2.05) is 31.2 Å². The number of esters is 1. The van der Waals surface area contributed by atoms with E-state index in [2.05, 4.69) is 29.2 Å². The molecule has 0 spiro atoms. The van der Waals surface area contributed by atoms with E-state index in [0.717, 1.165) is 49.5 Å². The van der Waals surface area contributed by atoms with Gasteiger partial charge >= 0.3 is 5.97 Å². The third-order valence-corrected chi connectivity index (χ3v) is 5.90. The summed E-state index contributed by atoms with van der Waals surface area (Å²) in [5.41, 5.74) is 2.04. The zero-order valence-electron chi connectivity index (χ0n) is 16.5. The first-order valence-corrected chi connectivity index (χ1v) is 9.85. The summed E-state index contributed by atoms with van der Waals surface area (Å²) in [6.45, 7) is 5.24. The molecular formula is C23H27NO4. The van der Waals surface area contributed by atoms with Gasteiger partial charge < -0.3 is 14.2 Å². The molecule has 5 heteroatoms. The van der Waals surface area contributed by atoms with E-state index in [9.17, 15) is 4.79 Å². The zero-order valence-corrected chi connectivity index (χ0v) is 16.5. The second kappa shape index (κ2) is 7.84. The summed E-state index contributed by atoms with van der Waals surface area (Å²) in [6, 6.07) is 16.3. The quantitative estimate of drug-likeness (QED) is 0.750. The highest BCUT2D eigenvalue weighted by Gasteiger charge is 2.37. The van der Waals surface area contributed by atoms with Crippen LogP contribution in [0.3, 0.4) is 0 Å². The van der Waals surface area contributed by atoms with Gasteiger partial charge in [-0.1, -0.05) is 36.4 Å². The van der Waals surface area contributed by atoms with Crippen LogP contribution in [0.15, 0.2) is 48.5 Å². The van der Waals surface area contributed by atoms with Crippen LogP contribution in [-0.2, 0) is 16.1 Å². The number of methoxy groups -OCH3 is 1. The van der Waals surface area contributed by atoms with Gasteiger partial charge in [-0.25, -0.2) is 0 Å². The van der Waals surface area contributed by atoms with Crippen LogP contribution >= 0.6 is 0 Å². The molecule has 2 aromatic carbocycles. The Hall–Kier alpha value is -2.53. The molecule has 28 heavy (non-hydrogen) atoms. The summed E-state index contributed by atoms with van der Waals surface area (Å²) in [5, 5.41) is 0. The second-order valence-corrected chi connectivity index (χ2v) is 7.93. The van der Waals surface area contributed by atoms with Crippen LogP contribution < -0.4 is 9.47 Å². The number of piperidine rings is 1. The lowest BCUT2D eigenvalue weighted by atomic mass is 9.80. The topological polar surface area (TPSA) is 48.0 Å². The molecule has 0 bridgehead atoms. The molecule has 0 aliphatic carbocycles. The van der Waals surface area contributed by atoms with Gasteiger partial charge in [0, 0.05) is 6.54 Å². The smallest absolute Gasteiger partial charge is 0.311 e. The average Bonchev–Trinajstić information content (AvgIpc) is 2.75. The predicted octanol–water partition coefficient (Wildman–Crippen LogP) is 3.97. The Morgan fingerprint density at radius 3 is 2.46 bits per heavy atom. The Morgan fingerprint density at radius 1 is 1.11 bits per heavy atom. The number of hydrogen-bond acceptors (Lipinski definition) is 5. The molecule has 1 unspecified atom stereocenters. The minimum Gasteiger partial charge on any atom is -0.485 e. The Balaban J connectivity index is 1.34. The lowest BCUT2D eigenvalue weighted by molar-refractivity contribution is -0.154. The molecule has 1 saturated heterocycles. The zero-order chi connectivity index (χ0) is 19.6. The summed E-state index contributed by atoms with van der Waals surface area (Å²) in [4.78, 5) is 14.4. The van der Waals surface area contributed by atoms with E-state index in [-0.39, 0.29) is 17.5 Å². The van der Waals surface area contributed by atoms with Crippen molar-refractivity contribution in [3.8, 4) is 11.5 Å². The lowest BCUT2D eigenvalue weighted by Crippen LogP contribution is -2.42. The Bertz CT molecular complexity index is 825. The number of rotatable bonds is 4. The number of carbonyl (C=O) groups excluding carboxylic acids is 1. The minimum absolute atomic E-state index is 0.0836. The fourth-order valence-corrected chi connectivity index (χ4v) is 3.93. The highest BCUT2D eigenvalue weighted by Crippen LogP contribution is 2.36. The van der Waals surface area contributed by atoms with Gasteiger partial charge in [0.05, 0.1) is 12.5 Å². The average molecular weight is 381 g/mol. The van der Waals surface area contributed by atoms with E-state index < -0.39 is 0 Å². The third kappa shape index (κ3) is 3.85. The molecule has 0 saturated carbocycles. The highest BCUT2D eigenvalue weighted by atomic mass is 16.6. The minimum atomic E-state index is -0.344. The lowest BCUT2D eigenvalue weighted by Gasteiger charge is -2.37. The Morgan fingerprint density at radius 2 is 1.79 bits per heavy atom. The van der Waals surface area contributed by atoms with Crippen molar-refractivity contribution in [3.05, 3.63) is 59.7 Å². The summed E-state index contributed by atoms with van der Waals surface area (Å²) in [7, 11) is 1.47. The predicted molar refractivity (Wildman–Crippen MR) is 106 cm³/mol. The van der Waals surface area contributed by atoms with E-state index in [0.29, 0.717) is 6.61 Å². The molecule has 148 valence electrons. The summed E-state index contributed by atoms with van der Waals surface area (Å²) in [5.74, 6) is 1.51. The van der Waals surface area contributed by atoms with Gasteiger partial charge in [0.1, 0.15) is 6.61 Å². The molecule has 2 aliphatic rings. The van der Waals surface area contributed by atoms with Crippen LogP contribution in [-0.4, -0.2) is 37.7 Å². The van der Waals surface area contributed by atoms with Crippen LogP contribution in [0.25, 0.3) is 0 Å². The summed E-state index contributed by atoms with van der Waals surface area (Å²) < 4.78 is 16.9. The molecule has 0 amide bonds. The van der Waals surface area contributed by atoms with Crippen LogP contribution in [0.5, 0.6) is 11.5 Å². The van der Waals surface area contributed by atoms with Crippen molar-refractivity contribution in [2.75, 3.05) is 26.8 Å². The molecule has 4 rings (SSSR count). The number of likely N-dealkylation sites (tertiary alicyclic amines) is 1. The number of benzene rings is 2. The molecule has 0 radical (unpaired) electrons. The number of para-hydroxylation sites is 2. The molecule has 2 aliphatic heterocycles. The van der Waals surface area contributed by atoms with E-state index >= 15 is 0 Å². The Kier molecular flexibility index (Phi) is 5.27. The first-order valence-electron chi connectivity index (χ1n) is 9.85. The molecule has 1 fully saturated rings. The monoisotopic (exact) mass is 381 g/mol. The number of hydrogen-bond donors (Lipinski definition) is 0. The van der Waals surface area contributed by atoms with Crippen molar-refractivity contribution in [3.63, 3.8) is 0 Å². The fraction of sp³-hybridized carbons (Fsp3) is 0.435. The molecule has 1 atom stereocenters. The number of carbonyl (C=O) groups is 1. The Labute approximate surface area is 166 Å². The number of nitrogens with zero attached hydrogens (tertiary/aromatic N) is 1. The maximum atomic E-state index is 12.0. The maximum Gasteiger partial charge on any atom is 0.311 e. The van der Waals surface area contributed by atoms with Crippen LogP contribution in [0.1, 0.15) is 37.0 Å². The van der Waals surface area contributed by atoms with Gasteiger partial charge in [-0.2, -0.15) is 0 Å². The van der Waals surface area contributed by atoms with E-state index in [1.54, 1.807) is 0 Å². The number of fused-ring (bicyclic) bond motifs is 1. The normalized spacial score (nSPS) is 21.1. The van der Waals surface area contributed by atoms with Gasteiger partial charge in [-0.3, -0.25) is 9.69 Å². The first-order chi connectivity index (χ1) is 13.6. The summed E-state index contributed by atoms with van der Waals surface area (Å²) in [6.07, 6.45) is 1.59. The molecular weight excluding hydrogens is 354 g/mol. The standard InChI is InChI=1S/C23H27NO4/c1-23(22(25)26-2)11-13-24(14-12-23)15-17-7-9-18(10-8-17)21-16-27-19-5-3-4-6-20(19)28-21/h3-10,21H,11-16H2,1-2H3. The SMILES string of the molecule is COC(=O)C1(C)CCN(Cc2ccc(C3COc4ccccc4O3)cc2)CC1.